The lowest BCUT2D eigenvalue weighted by Crippen LogP contribution is -2.52. The normalized spacial score (nSPS) is 12.7. The second-order valence-corrected chi connectivity index (χ2v) is 7.15. The summed E-state index contributed by atoms with van der Waals surface area (Å²) in [4.78, 5) is 40.6. The maximum atomic E-state index is 14.0. The van der Waals surface area contributed by atoms with Crippen LogP contribution in [0, 0.1) is 5.82 Å². The second kappa shape index (κ2) is 9.80. The van der Waals surface area contributed by atoms with E-state index in [0.717, 1.165) is 5.39 Å². The number of halogens is 1. The SMILES string of the molecule is CC(=O)N[C@H](Cc1ccccc1F)C(=O)N[C@H](Cc1ccc2ccccc2n1)C(=O)O. The molecule has 0 fully saturated rings. The first-order chi connectivity index (χ1) is 14.8. The Labute approximate surface area is 178 Å². The van der Waals surface area contributed by atoms with E-state index in [0.29, 0.717) is 11.2 Å². The van der Waals surface area contributed by atoms with Gasteiger partial charge in [0.2, 0.25) is 11.8 Å². The van der Waals surface area contributed by atoms with Crippen LogP contribution in [-0.4, -0.2) is 40.0 Å². The highest BCUT2D eigenvalue weighted by atomic mass is 19.1. The van der Waals surface area contributed by atoms with Crippen LogP contribution in [0.1, 0.15) is 18.2 Å². The lowest BCUT2D eigenvalue weighted by Gasteiger charge is -2.21. The molecule has 2 amide bonds. The predicted molar refractivity (Wildman–Crippen MR) is 113 cm³/mol. The van der Waals surface area contributed by atoms with E-state index in [1.807, 2.05) is 30.3 Å². The Morgan fingerprint density at radius 2 is 1.65 bits per heavy atom. The van der Waals surface area contributed by atoms with Gasteiger partial charge in [-0.1, -0.05) is 42.5 Å². The molecule has 2 atom stereocenters. The molecule has 0 unspecified atom stereocenters. The van der Waals surface area contributed by atoms with Gasteiger partial charge in [0.1, 0.15) is 17.9 Å². The highest BCUT2D eigenvalue weighted by Crippen LogP contribution is 2.14. The molecule has 0 radical (unpaired) electrons. The van der Waals surface area contributed by atoms with Crippen LogP contribution in [-0.2, 0) is 27.2 Å². The van der Waals surface area contributed by atoms with Gasteiger partial charge in [-0.15, -0.1) is 0 Å². The predicted octanol–water partition coefficient (Wildman–Crippen LogP) is 2.23. The number of fused-ring (bicyclic) bond motifs is 1. The first-order valence-corrected chi connectivity index (χ1v) is 9.72. The van der Waals surface area contributed by atoms with Crippen molar-refractivity contribution in [2.75, 3.05) is 0 Å². The van der Waals surface area contributed by atoms with Crippen molar-refractivity contribution in [3.8, 4) is 0 Å². The van der Waals surface area contributed by atoms with Gasteiger partial charge < -0.3 is 15.7 Å². The zero-order chi connectivity index (χ0) is 22.4. The van der Waals surface area contributed by atoms with Crippen LogP contribution in [0.5, 0.6) is 0 Å². The smallest absolute Gasteiger partial charge is 0.326 e. The summed E-state index contributed by atoms with van der Waals surface area (Å²) in [5, 5.41) is 15.4. The average Bonchev–Trinajstić information content (AvgIpc) is 2.73. The number of amides is 2. The van der Waals surface area contributed by atoms with Crippen molar-refractivity contribution in [3.05, 3.63) is 77.7 Å². The number of carbonyl (C=O) groups excluding carboxylic acids is 2. The number of nitrogens with zero attached hydrogens (tertiary/aromatic N) is 1. The third-order valence-corrected chi connectivity index (χ3v) is 4.76. The molecule has 2 aromatic carbocycles. The highest BCUT2D eigenvalue weighted by Gasteiger charge is 2.27. The largest absolute Gasteiger partial charge is 0.480 e. The molecule has 3 N–H and O–H groups in total. The van der Waals surface area contributed by atoms with Crippen molar-refractivity contribution in [1.82, 2.24) is 15.6 Å². The Hall–Kier alpha value is -3.81. The summed E-state index contributed by atoms with van der Waals surface area (Å²) in [6, 6.07) is 14.4. The van der Waals surface area contributed by atoms with Crippen LogP contribution in [0.2, 0.25) is 0 Å². The van der Waals surface area contributed by atoms with Crippen molar-refractivity contribution >= 4 is 28.7 Å². The molecule has 0 aliphatic rings. The Balaban J connectivity index is 1.76. The zero-order valence-electron chi connectivity index (χ0n) is 16.8. The van der Waals surface area contributed by atoms with Crippen LogP contribution in [0.3, 0.4) is 0 Å². The van der Waals surface area contributed by atoms with Gasteiger partial charge in [-0.05, 0) is 23.8 Å². The maximum absolute atomic E-state index is 14.0. The molecule has 0 aliphatic carbocycles. The molecular weight excluding hydrogens is 401 g/mol. The lowest BCUT2D eigenvalue weighted by atomic mass is 10.0. The fourth-order valence-corrected chi connectivity index (χ4v) is 3.24. The summed E-state index contributed by atoms with van der Waals surface area (Å²) in [6.45, 7) is 1.23. The quantitative estimate of drug-likeness (QED) is 0.515. The molecule has 0 saturated heterocycles. The van der Waals surface area contributed by atoms with E-state index in [1.54, 1.807) is 12.1 Å². The van der Waals surface area contributed by atoms with Crippen LogP contribution < -0.4 is 10.6 Å². The third-order valence-electron chi connectivity index (χ3n) is 4.76. The number of para-hydroxylation sites is 1. The number of hydrogen-bond donors (Lipinski definition) is 3. The van der Waals surface area contributed by atoms with E-state index < -0.39 is 35.7 Å². The minimum absolute atomic E-state index is 0.0433. The molecule has 3 aromatic rings. The molecule has 1 heterocycles. The number of nitrogens with one attached hydrogen (secondary N) is 2. The van der Waals surface area contributed by atoms with Gasteiger partial charge in [-0.3, -0.25) is 14.6 Å². The number of carboxylic acid groups (broad SMARTS) is 1. The van der Waals surface area contributed by atoms with Gasteiger partial charge in [0.15, 0.2) is 0 Å². The molecule has 7 nitrogen and oxygen atoms in total. The highest BCUT2D eigenvalue weighted by molar-refractivity contribution is 5.90. The number of rotatable bonds is 8. The van der Waals surface area contributed by atoms with E-state index >= 15 is 0 Å². The van der Waals surface area contributed by atoms with Gasteiger partial charge in [0.25, 0.3) is 0 Å². The summed E-state index contributed by atoms with van der Waals surface area (Å²) >= 11 is 0. The molecule has 0 saturated carbocycles. The van der Waals surface area contributed by atoms with Crippen LogP contribution in [0.15, 0.2) is 60.7 Å². The lowest BCUT2D eigenvalue weighted by molar-refractivity contribution is -0.142. The van der Waals surface area contributed by atoms with Crippen molar-refractivity contribution in [3.63, 3.8) is 0 Å². The van der Waals surface area contributed by atoms with Crippen molar-refractivity contribution in [2.45, 2.75) is 31.8 Å². The van der Waals surface area contributed by atoms with Crippen LogP contribution in [0.4, 0.5) is 4.39 Å². The van der Waals surface area contributed by atoms with Gasteiger partial charge in [-0.2, -0.15) is 0 Å². The Morgan fingerprint density at radius 1 is 0.935 bits per heavy atom. The van der Waals surface area contributed by atoms with Gasteiger partial charge >= 0.3 is 5.97 Å². The van der Waals surface area contributed by atoms with Gasteiger partial charge in [0, 0.05) is 30.8 Å². The molecular formula is C23H22FN3O4. The third kappa shape index (κ3) is 5.85. The number of carbonyl (C=O) groups is 3. The molecule has 0 bridgehead atoms. The van der Waals surface area contributed by atoms with Crippen LogP contribution in [0.25, 0.3) is 10.9 Å². The standard InChI is InChI=1S/C23H22FN3O4/c1-14(28)25-20(12-16-7-2-4-8-18(16)24)22(29)27-21(23(30)31)13-17-11-10-15-6-3-5-9-19(15)26-17/h2-11,20-21H,12-13H2,1H3,(H,25,28)(H,27,29)(H,30,31)/t20-,21-/m1/s1. The monoisotopic (exact) mass is 423 g/mol. The van der Waals surface area contributed by atoms with E-state index in [-0.39, 0.29) is 18.4 Å². The number of hydrogen-bond acceptors (Lipinski definition) is 4. The van der Waals surface area contributed by atoms with Gasteiger partial charge in [-0.25, -0.2) is 9.18 Å². The Bertz CT molecular complexity index is 1120. The van der Waals surface area contributed by atoms with Crippen LogP contribution >= 0.6 is 0 Å². The fraction of sp³-hybridized carbons (Fsp3) is 0.217. The molecule has 8 heteroatoms. The fourth-order valence-electron chi connectivity index (χ4n) is 3.24. The summed E-state index contributed by atoms with van der Waals surface area (Å²) < 4.78 is 14.0. The first-order valence-electron chi connectivity index (χ1n) is 9.72. The Kier molecular flexibility index (Phi) is 6.92. The minimum Gasteiger partial charge on any atom is -0.480 e. The number of benzene rings is 2. The van der Waals surface area contributed by atoms with E-state index in [9.17, 15) is 23.9 Å². The van der Waals surface area contributed by atoms with Gasteiger partial charge in [0.05, 0.1) is 5.52 Å². The minimum atomic E-state index is -1.27. The zero-order valence-corrected chi connectivity index (χ0v) is 16.8. The molecule has 0 spiro atoms. The topological polar surface area (TPSA) is 108 Å². The maximum Gasteiger partial charge on any atom is 0.326 e. The average molecular weight is 423 g/mol. The summed E-state index contributed by atoms with van der Waals surface area (Å²) in [6.07, 6.45) is -0.156. The summed E-state index contributed by atoms with van der Waals surface area (Å²) in [5.74, 6) is -2.96. The summed E-state index contributed by atoms with van der Waals surface area (Å²) in [7, 11) is 0. The van der Waals surface area contributed by atoms with E-state index in [4.69, 9.17) is 0 Å². The molecule has 31 heavy (non-hydrogen) atoms. The van der Waals surface area contributed by atoms with E-state index in [1.165, 1.54) is 25.1 Å². The first kappa shape index (κ1) is 21.9. The molecule has 160 valence electrons. The number of aliphatic carboxylic acids is 1. The number of carboxylic acids is 1. The Morgan fingerprint density at radius 3 is 2.35 bits per heavy atom. The number of pyridine rings is 1. The van der Waals surface area contributed by atoms with Crippen molar-refractivity contribution in [1.29, 1.82) is 0 Å². The van der Waals surface area contributed by atoms with Crippen molar-refractivity contribution in [2.24, 2.45) is 0 Å². The summed E-state index contributed by atoms with van der Waals surface area (Å²) in [5.41, 5.74) is 1.45. The molecule has 0 aliphatic heterocycles. The van der Waals surface area contributed by atoms with E-state index in [2.05, 4.69) is 15.6 Å². The molecule has 1 aromatic heterocycles. The molecule has 3 rings (SSSR count). The second-order valence-electron chi connectivity index (χ2n) is 7.15. The number of aromatic nitrogens is 1. The van der Waals surface area contributed by atoms with Crippen molar-refractivity contribution < 1.29 is 23.9 Å².